The fraction of sp³-hybridized carbons (Fsp3) is 0.0476. The first-order chi connectivity index (χ1) is 26.1. The Bertz CT molecular complexity index is 2340. The number of nitrogens with zero attached hydrogens (tertiary/aromatic N) is 4. The molecule has 0 amide bonds. The van der Waals surface area contributed by atoms with E-state index in [0.717, 1.165) is 43.6 Å². The molecule has 0 saturated carbocycles. The molecule has 0 aliphatic rings. The van der Waals surface area contributed by atoms with Gasteiger partial charge in [-0.1, -0.05) is 97.1 Å². The van der Waals surface area contributed by atoms with E-state index >= 15 is 0 Å². The number of benzene rings is 4. The van der Waals surface area contributed by atoms with Crippen molar-refractivity contribution in [2.75, 3.05) is 0 Å². The first-order valence-corrected chi connectivity index (χ1v) is 16.3. The number of aliphatic carboxylic acids is 2. The van der Waals surface area contributed by atoms with E-state index in [1.54, 1.807) is 36.9 Å². The van der Waals surface area contributed by atoms with Crippen molar-refractivity contribution in [1.29, 1.82) is 0 Å². The van der Waals surface area contributed by atoms with Crippen LogP contribution in [0.4, 0.5) is 0 Å². The number of pyridine rings is 4. The van der Waals surface area contributed by atoms with Crippen LogP contribution < -0.4 is 20.4 Å². The summed E-state index contributed by atoms with van der Waals surface area (Å²) in [7, 11) is 0. The summed E-state index contributed by atoms with van der Waals surface area (Å²) in [6.07, 6.45) is 6.38. The Kier molecular flexibility index (Phi) is 20.5. The van der Waals surface area contributed by atoms with Gasteiger partial charge in [0.05, 0.1) is 34.0 Å². The monoisotopic (exact) mass is 872 g/mol. The first-order valence-electron chi connectivity index (χ1n) is 16.3. The molecule has 58 heavy (non-hydrogen) atoms. The van der Waals surface area contributed by atoms with Crippen LogP contribution in [0.3, 0.4) is 0 Å². The molecule has 16 heteroatoms. The van der Waals surface area contributed by atoms with Gasteiger partial charge in [-0.25, -0.2) is 0 Å². The molecule has 0 atom stereocenters. The van der Waals surface area contributed by atoms with E-state index in [4.69, 9.17) is 0 Å². The Morgan fingerprint density at radius 1 is 0.379 bits per heavy atom. The van der Waals surface area contributed by atoms with Crippen LogP contribution in [0, 0.1) is 0 Å². The van der Waals surface area contributed by atoms with Gasteiger partial charge in [0.2, 0.25) is 0 Å². The molecule has 0 bridgehead atoms. The predicted octanol–water partition coefficient (Wildman–Crippen LogP) is 0.402. The summed E-state index contributed by atoms with van der Waals surface area (Å²) >= 11 is 0. The quantitative estimate of drug-likeness (QED) is 0.162. The summed E-state index contributed by atoms with van der Waals surface area (Å²) in [5.41, 5.74) is 4.09. The SMILES string of the molecule is O=C([O-])Cc1ccccc1C(=O)[O-].O=C([O-])Cc1ccccc1C(=O)[O-].[Co+2].[Co+2].[OH3+].[OH3+].c1cnc2c(c1)ccc1cccnc12.c1cnc2c(c1)ccc1cccnc12. The van der Waals surface area contributed by atoms with Crippen LogP contribution in [0.1, 0.15) is 31.8 Å². The van der Waals surface area contributed by atoms with Gasteiger partial charge in [-0.3, -0.25) is 19.9 Å². The van der Waals surface area contributed by atoms with Gasteiger partial charge >= 0.3 is 33.6 Å². The van der Waals surface area contributed by atoms with E-state index in [1.165, 1.54) is 36.4 Å². The minimum Gasteiger partial charge on any atom is -0.550 e. The number of carboxylic acids is 4. The summed E-state index contributed by atoms with van der Waals surface area (Å²) in [5.74, 6) is -5.38. The van der Waals surface area contributed by atoms with Gasteiger partial charge in [0, 0.05) is 82.2 Å². The molecule has 2 radical (unpaired) electrons. The van der Waals surface area contributed by atoms with Crippen LogP contribution in [0.15, 0.2) is 146 Å². The third kappa shape index (κ3) is 13.2. The summed E-state index contributed by atoms with van der Waals surface area (Å²) < 4.78 is 0. The van der Waals surface area contributed by atoms with E-state index in [-0.39, 0.29) is 66.8 Å². The summed E-state index contributed by atoms with van der Waals surface area (Å²) in [6.45, 7) is 0. The van der Waals surface area contributed by atoms with Crippen molar-refractivity contribution in [3.63, 3.8) is 0 Å². The molecule has 0 aliphatic heterocycles. The van der Waals surface area contributed by atoms with Gasteiger partial charge < -0.3 is 50.6 Å². The third-order valence-corrected chi connectivity index (χ3v) is 7.83. The number of carboxylic acid groups (broad SMARTS) is 4. The van der Waals surface area contributed by atoms with Gasteiger partial charge in [-0.2, -0.15) is 0 Å². The molecule has 0 fully saturated rings. The van der Waals surface area contributed by atoms with Crippen molar-refractivity contribution in [3.8, 4) is 0 Å². The van der Waals surface area contributed by atoms with Crippen LogP contribution in [0.2, 0.25) is 0 Å². The van der Waals surface area contributed by atoms with Crippen molar-refractivity contribution in [2.45, 2.75) is 12.8 Å². The van der Waals surface area contributed by atoms with Crippen LogP contribution >= 0.6 is 0 Å². The van der Waals surface area contributed by atoms with Crippen LogP contribution in [-0.4, -0.2) is 43.8 Å². The second-order valence-corrected chi connectivity index (χ2v) is 11.4. The predicted molar refractivity (Wildman–Crippen MR) is 203 cm³/mol. The molecule has 0 unspecified atom stereocenters. The molecular weight excluding hydrogens is 838 g/mol. The maximum Gasteiger partial charge on any atom is 2.00 e. The zero-order valence-corrected chi connectivity index (χ0v) is 32.2. The first kappa shape index (κ1) is 49.4. The third-order valence-electron chi connectivity index (χ3n) is 7.83. The summed E-state index contributed by atoms with van der Waals surface area (Å²) in [5, 5.41) is 45.9. The Labute approximate surface area is 351 Å². The van der Waals surface area contributed by atoms with Crippen molar-refractivity contribution in [1.82, 2.24) is 19.9 Å². The number of fused-ring (bicyclic) bond motifs is 6. The molecule has 8 aromatic rings. The fourth-order valence-electron chi connectivity index (χ4n) is 5.42. The Morgan fingerprint density at radius 3 is 0.879 bits per heavy atom. The zero-order chi connectivity index (χ0) is 38.5. The number of carbonyl (C=O) groups is 4. The molecule has 4 heterocycles. The smallest absolute Gasteiger partial charge is 0.550 e. The number of carbonyl (C=O) groups excluding carboxylic acids is 4. The van der Waals surface area contributed by atoms with E-state index in [9.17, 15) is 39.6 Å². The topological polar surface area (TPSA) is 278 Å². The van der Waals surface area contributed by atoms with E-state index in [2.05, 4.69) is 68.5 Å². The number of aromatic carboxylic acids is 2. The normalized spacial score (nSPS) is 9.52. The molecule has 0 saturated heterocycles. The standard InChI is InChI=1S/2C12H8N2.2C9H8O4.2Co.2H2O/c2*1-3-9-5-6-10-4-2-8-14-12(10)11(9)13-7-1;2*10-8(11)5-6-3-1-2-4-7(6)9(12)13;;;;/h2*1-8H;2*1-4H,5H2,(H,10,11)(H,12,13);;;2*1H2/q;;;;2*+2;;/p-2. The van der Waals surface area contributed by atoms with Gasteiger partial charge in [0.25, 0.3) is 0 Å². The molecule has 4 aromatic heterocycles. The van der Waals surface area contributed by atoms with E-state index in [0.29, 0.717) is 0 Å². The van der Waals surface area contributed by atoms with Crippen LogP contribution in [-0.2, 0) is 66.9 Å². The second-order valence-electron chi connectivity index (χ2n) is 11.4. The molecule has 0 aliphatic carbocycles. The molecule has 298 valence electrons. The molecular formula is C42H34Co2N4O10+2. The average molecular weight is 873 g/mol. The van der Waals surface area contributed by atoms with Gasteiger partial charge in [0.1, 0.15) is 0 Å². The number of rotatable bonds is 6. The number of hydrogen-bond donors (Lipinski definition) is 0. The average Bonchev–Trinajstić information content (AvgIpc) is 3.18. The largest absolute Gasteiger partial charge is 2.00 e. The molecule has 4 aromatic carbocycles. The molecule has 0 spiro atoms. The maximum absolute atomic E-state index is 10.5. The van der Waals surface area contributed by atoms with E-state index < -0.39 is 36.7 Å². The Balaban J connectivity index is 0.000000378. The minimum atomic E-state index is -1.38. The van der Waals surface area contributed by atoms with Crippen LogP contribution in [0.25, 0.3) is 43.6 Å². The molecule has 6 N–H and O–H groups in total. The zero-order valence-electron chi connectivity index (χ0n) is 30.1. The van der Waals surface area contributed by atoms with Crippen molar-refractivity contribution >= 4 is 67.5 Å². The van der Waals surface area contributed by atoms with Gasteiger partial charge in [0.15, 0.2) is 0 Å². The van der Waals surface area contributed by atoms with Gasteiger partial charge in [-0.05, 0) is 35.4 Å². The van der Waals surface area contributed by atoms with Crippen LogP contribution in [0.5, 0.6) is 0 Å². The van der Waals surface area contributed by atoms with Crippen molar-refractivity contribution in [3.05, 3.63) is 168 Å². The van der Waals surface area contributed by atoms with Crippen molar-refractivity contribution < 1.29 is 84.1 Å². The maximum atomic E-state index is 10.5. The number of aromatic nitrogens is 4. The fourth-order valence-corrected chi connectivity index (χ4v) is 5.42. The minimum absolute atomic E-state index is 0. The summed E-state index contributed by atoms with van der Waals surface area (Å²) in [6, 6.07) is 35.8. The van der Waals surface area contributed by atoms with Gasteiger partial charge in [-0.15, -0.1) is 0 Å². The van der Waals surface area contributed by atoms with E-state index in [1.807, 2.05) is 24.3 Å². The summed E-state index contributed by atoms with van der Waals surface area (Å²) in [4.78, 5) is 58.8. The Hall–Kier alpha value is -6.67. The molecule has 14 nitrogen and oxygen atoms in total. The number of hydrogen-bond acceptors (Lipinski definition) is 12. The molecule has 8 rings (SSSR count). The second kappa shape index (κ2) is 24.1. The van der Waals surface area contributed by atoms with Crippen molar-refractivity contribution in [2.24, 2.45) is 0 Å². The Morgan fingerprint density at radius 2 is 0.638 bits per heavy atom.